The van der Waals surface area contributed by atoms with Crippen molar-refractivity contribution in [1.29, 1.82) is 5.26 Å². The highest BCUT2D eigenvalue weighted by Crippen LogP contribution is 2.30. The molecule has 0 saturated carbocycles. The van der Waals surface area contributed by atoms with Gasteiger partial charge >= 0.3 is 5.97 Å². The van der Waals surface area contributed by atoms with Crippen LogP contribution < -0.4 is 14.2 Å². The first kappa shape index (κ1) is 22.9. The molecule has 32 heavy (non-hydrogen) atoms. The molecule has 3 aromatic carbocycles. The minimum absolute atomic E-state index is 0.231. The second-order valence-electron chi connectivity index (χ2n) is 7.07. The second-order valence-corrected chi connectivity index (χ2v) is 7.51. The maximum Gasteiger partial charge on any atom is 0.349 e. The van der Waals surface area contributed by atoms with Gasteiger partial charge in [-0.25, -0.2) is 4.79 Å². The Kier molecular flexibility index (Phi) is 7.54. The molecule has 3 aromatic rings. The van der Waals surface area contributed by atoms with Gasteiger partial charge in [-0.1, -0.05) is 48.0 Å². The number of aryl methyl sites for hydroxylation is 2. The summed E-state index contributed by atoms with van der Waals surface area (Å²) in [6, 6.07) is 20.0. The molecule has 0 N–H and O–H groups in total. The number of rotatable bonds is 7. The van der Waals surface area contributed by atoms with Crippen LogP contribution in [0.15, 0.2) is 60.7 Å². The van der Waals surface area contributed by atoms with Crippen LogP contribution in [0, 0.1) is 25.2 Å². The number of carbonyl (C=O) groups is 1. The van der Waals surface area contributed by atoms with E-state index in [1.165, 1.54) is 7.11 Å². The third-order valence-corrected chi connectivity index (χ3v) is 4.99. The Labute approximate surface area is 192 Å². The molecule has 0 bridgehead atoms. The molecule has 0 spiro atoms. The van der Waals surface area contributed by atoms with E-state index in [2.05, 4.69) is 6.07 Å². The monoisotopic (exact) mass is 447 g/mol. The van der Waals surface area contributed by atoms with E-state index in [-0.39, 0.29) is 12.4 Å². The topological polar surface area (TPSA) is 68.5 Å². The van der Waals surface area contributed by atoms with Gasteiger partial charge in [0.2, 0.25) is 0 Å². The van der Waals surface area contributed by atoms with Gasteiger partial charge in [-0.2, -0.15) is 5.26 Å². The van der Waals surface area contributed by atoms with Crippen LogP contribution in [0.25, 0.3) is 11.6 Å². The van der Waals surface area contributed by atoms with E-state index < -0.39 is 5.97 Å². The number of hydrogen-bond donors (Lipinski definition) is 0. The lowest BCUT2D eigenvalue weighted by Crippen LogP contribution is -2.18. The van der Waals surface area contributed by atoms with Crippen LogP contribution >= 0.6 is 11.6 Å². The van der Waals surface area contributed by atoms with Crippen molar-refractivity contribution in [2.45, 2.75) is 13.8 Å². The largest absolute Gasteiger partial charge is 0.493 e. The van der Waals surface area contributed by atoms with Crippen molar-refractivity contribution in [3.05, 3.63) is 87.9 Å². The Bertz CT molecular complexity index is 1170. The van der Waals surface area contributed by atoms with Gasteiger partial charge in [0.25, 0.3) is 0 Å². The van der Waals surface area contributed by atoms with Gasteiger partial charge in [-0.05, 0) is 66.4 Å². The van der Waals surface area contributed by atoms with E-state index in [9.17, 15) is 10.1 Å². The average molecular weight is 448 g/mol. The Morgan fingerprint density at radius 1 is 1.03 bits per heavy atom. The van der Waals surface area contributed by atoms with E-state index in [1.807, 2.05) is 32.0 Å². The van der Waals surface area contributed by atoms with E-state index in [4.69, 9.17) is 25.8 Å². The smallest absolute Gasteiger partial charge is 0.349 e. The van der Waals surface area contributed by atoms with E-state index in [0.29, 0.717) is 22.1 Å². The molecular formula is C26H22ClNO4. The Balaban J connectivity index is 1.74. The average Bonchev–Trinajstić information content (AvgIpc) is 2.78. The third-order valence-electron chi connectivity index (χ3n) is 4.74. The van der Waals surface area contributed by atoms with Crippen LogP contribution in [0.2, 0.25) is 5.02 Å². The molecule has 0 amide bonds. The standard InChI is InChI=1S/C26H22ClNO4/c1-17-5-4-6-18(2)26(17)31-16-25(29)32-23-12-7-19(14-24(23)30-3)13-21(15-28)20-8-10-22(27)11-9-20/h4-14H,16H2,1-3H3/b21-13+. The van der Waals surface area contributed by atoms with Crippen molar-refractivity contribution >= 4 is 29.2 Å². The number of ether oxygens (including phenoxy) is 3. The summed E-state index contributed by atoms with van der Waals surface area (Å²) < 4.78 is 16.5. The van der Waals surface area contributed by atoms with Gasteiger partial charge in [-0.3, -0.25) is 0 Å². The number of nitrogens with zero attached hydrogens (tertiary/aromatic N) is 1. The van der Waals surface area contributed by atoms with Gasteiger partial charge in [0, 0.05) is 5.02 Å². The van der Waals surface area contributed by atoms with Crippen LogP contribution in [0.1, 0.15) is 22.3 Å². The van der Waals surface area contributed by atoms with Gasteiger partial charge in [0.1, 0.15) is 5.75 Å². The molecule has 0 fully saturated rings. The highest BCUT2D eigenvalue weighted by molar-refractivity contribution is 6.30. The van der Waals surface area contributed by atoms with Crippen molar-refractivity contribution < 1.29 is 19.0 Å². The van der Waals surface area contributed by atoms with E-state index in [0.717, 1.165) is 22.3 Å². The first-order valence-electron chi connectivity index (χ1n) is 9.86. The van der Waals surface area contributed by atoms with Crippen molar-refractivity contribution in [2.75, 3.05) is 13.7 Å². The summed E-state index contributed by atoms with van der Waals surface area (Å²) in [5.41, 5.74) is 3.83. The fourth-order valence-corrected chi connectivity index (χ4v) is 3.27. The Morgan fingerprint density at radius 2 is 1.72 bits per heavy atom. The molecule has 3 rings (SSSR count). The number of benzene rings is 3. The van der Waals surface area contributed by atoms with E-state index in [1.54, 1.807) is 48.5 Å². The van der Waals surface area contributed by atoms with Gasteiger partial charge < -0.3 is 14.2 Å². The fraction of sp³-hybridized carbons (Fsp3) is 0.154. The molecule has 0 unspecified atom stereocenters. The van der Waals surface area contributed by atoms with Gasteiger partial charge in [0.15, 0.2) is 18.1 Å². The molecule has 6 heteroatoms. The minimum Gasteiger partial charge on any atom is -0.493 e. The summed E-state index contributed by atoms with van der Waals surface area (Å²) in [5, 5.41) is 10.1. The fourth-order valence-electron chi connectivity index (χ4n) is 3.14. The van der Waals surface area contributed by atoms with Crippen molar-refractivity contribution in [3.63, 3.8) is 0 Å². The van der Waals surface area contributed by atoms with E-state index >= 15 is 0 Å². The summed E-state index contributed by atoms with van der Waals surface area (Å²) >= 11 is 5.92. The first-order valence-corrected chi connectivity index (χ1v) is 10.2. The van der Waals surface area contributed by atoms with Crippen LogP contribution in [0.4, 0.5) is 0 Å². The molecule has 0 aromatic heterocycles. The molecule has 0 atom stereocenters. The van der Waals surface area contributed by atoms with Crippen LogP contribution in [0.5, 0.6) is 17.2 Å². The predicted molar refractivity (Wildman–Crippen MR) is 125 cm³/mol. The lowest BCUT2D eigenvalue weighted by molar-refractivity contribution is -0.136. The summed E-state index contributed by atoms with van der Waals surface area (Å²) in [5.74, 6) is 0.758. The summed E-state index contributed by atoms with van der Waals surface area (Å²) in [6.07, 6.45) is 1.72. The number of esters is 1. The van der Waals surface area contributed by atoms with Gasteiger partial charge in [0.05, 0.1) is 18.8 Å². The van der Waals surface area contributed by atoms with Crippen molar-refractivity contribution in [3.8, 4) is 23.3 Å². The lowest BCUT2D eigenvalue weighted by Gasteiger charge is -2.13. The molecule has 0 aliphatic carbocycles. The second kappa shape index (κ2) is 10.5. The highest BCUT2D eigenvalue weighted by Gasteiger charge is 2.13. The number of carbonyl (C=O) groups excluding carboxylic acids is 1. The van der Waals surface area contributed by atoms with Crippen LogP contribution in [0.3, 0.4) is 0 Å². The molecule has 0 aliphatic rings. The SMILES string of the molecule is COc1cc(/C=C(\C#N)c2ccc(Cl)cc2)ccc1OC(=O)COc1c(C)cccc1C. The minimum atomic E-state index is -0.548. The molecule has 0 aliphatic heterocycles. The normalized spacial score (nSPS) is 10.9. The maximum atomic E-state index is 12.3. The van der Waals surface area contributed by atoms with Crippen molar-refractivity contribution in [1.82, 2.24) is 0 Å². The molecule has 0 saturated heterocycles. The van der Waals surface area contributed by atoms with Gasteiger partial charge in [-0.15, -0.1) is 0 Å². The third kappa shape index (κ3) is 5.69. The summed E-state index contributed by atoms with van der Waals surface area (Å²) in [6.45, 7) is 3.61. The van der Waals surface area contributed by atoms with Crippen molar-refractivity contribution in [2.24, 2.45) is 0 Å². The molecule has 0 radical (unpaired) electrons. The van der Waals surface area contributed by atoms with Crippen LogP contribution in [-0.2, 0) is 4.79 Å². The number of hydrogen-bond acceptors (Lipinski definition) is 5. The number of methoxy groups -OCH3 is 1. The zero-order chi connectivity index (χ0) is 23.1. The Morgan fingerprint density at radius 3 is 2.34 bits per heavy atom. The quantitative estimate of drug-likeness (QED) is 0.192. The van der Waals surface area contributed by atoms with Crippen LogP contribution in [-0.4, -0.2) is 19.7 Å². The number of nitriles is 1. The lowest BCUT2D eigenvalue weighted by atomic mass is 10.0. The molecule has 5 nitrogen and oxygen atoms in total. The number of allylic oxidation sites excluding steroid dienone is 1. The predicted octanol–water partition coefficient (Wildman–Crippen LogP) is 6.01. The Hall–Kier alpha value is -3.75. The zero-order valence-electron chi connectivity index (χ0n) is 18.0. The number of halogens is 1. The summed E-state index contributed by atoms with van der Waals surface area (Å²) in [7, 11) is 1.48. The molecule has 162 valence electrons. The molecular weight excluding hydrogens is 426 g/mol. The zero-order valence-corrected chi connectivity index (χ0v) is 18.8. The molecule has 0 heterocycles. The first-order chi connectivity index (χ1) is 15.4. The summed E-state index contributed by atoms with van der Waals surface area (Å²) in [4.78, 5) is 12.3. The maximum absolute atomic E-state index is 12.3. The highest BCUT2D eigenvalue weighted by atomic mass is 35.5. The number of para-hydroxylation sites is 1.